The standard InChI is InChI=1S/C18H18N4OS2/c1-12-16(25-18(21-12)22-15-5-3-4-10-19-15)17(23)20-11-13-6-8-14(24-2)9-7-13/h3-10H,11H2,1-2H3,(H,20,23)(H,19,21,22). The molecule has 3 aromatic rings. The van der Waals surface area contributed by atoms with Crippen LogP contribution in [0.15, 0.2) is 53.6 Å². The summed E-state index contributed by atoms with van der Waals surface area (Å²) >= 11 is 3.02. The minimum atomic E-state index is -0.113. The van der Waals surface area contributed by atoms with Crippen LogP contribution in [0.2, 0.25) is 0 Å². The Labute approximate surface area is 154 Å². The Morgan fingerprint density at radius 3 is 2.68 bits per heavy atom. The van der Waals surface area contributed by atoms with Crippen molar-refractivity contribution >= 4 is 40.0 Å². The fourth-order valence-corrected chi connectivity index (χ4v) is 3.51. The van der Waals surface area contributed by atoms with Gasteiger partial charge in [0.2, 0.25) is 0 Å². The van der Waals surface area contributed by atoms with Crippen LogP contribution in [0.25, 0.3) is 0 Å². The fourth-order valence-electron chi connectivity index (χ4n) is 2.21. The van der Waals surface area contributed by atoms with Crippen molar-refractivity contribution < 1.29 is 4.79 Å². The van der Waals surface area contributed by atoms with Crippen LogP contribution < -0.4 is 10.6 Å². The number of aromatic nitrogens is 2. The maximum absolute atomic E-state index is 12.4. The van der Waals surface area contributed by atoms with Gasteiger partial charge < -0.3 is 10.6 Å². The predicted octanol–water partition coefficient (Wildman–Crippen LogP) is 4.24. The molecule has 0 bridgehead atoms. The molecule has 1 aromatic carbocycles. The van der Waals surface area contributed by atoms with Crippen molar-refractivity contribution in [3.05, 3.63) is 64.8 Å². The number of aryl methyl sites for hydroxylation is 1. The molecule has 0 saturated heterocycles. The maximum Gasteiger partial charge on any atom is 0.263 e. The summed E-state index contributed by atoms with van der Waals surface area (Å²) in [6.45, 7) is 2.33. The molecule has 0 spiro atoms. The van der Waals surface area contributed by atoms with Crippen LogP contribution in [0.3, 0.4) is 0 Å². The van der Waals surface area contributed by atoms with Gasteiger partial charge in [0.15, 0.2) is 5.13 Å². The molecule has 0 aliphatic carbocycles. The molecule has 2 N–H and O–H groups in total. The number of pyridine rings is 1. The van der Waals surface area contributed by atoms with E-state index in [1.165, 1.54) is 16.2 Å². The van der Waals surface area contributed by atoms with Gasteiger partial charge in [0.25, 0.3) is 5.91 Å². The number of thioether (sulfide) groups is 1. The van der Waals surface area contributed by atoms with E-state index in [4.69, 9.17) is 0 Å². The Morgan fingerprint density at radius 1 is 1.20 bits per heavy atom. The monoisotopic (exact) mass is 370 g/mol. The second-order valence-corrected chi connectivity index (χ2v) is 7.18. The van der Waals surface area contributed by atoms with Gasteiger partial charge in [-0.1, -0.05) is 29.5 Å². The van der Waals surface area contributed by atoms with Gasteiger partial charge >= 0.3 is 0 Å². The Bertz CT molecular complexity index is 847. The van der Waals surface area contributed by atoms with E-state index in [0.717, 1.165) is 5.56 Å². The van der Waals surface area contributed by atoms with Crippen LogP contribution >= 0.6 is 23.1 Å². The van der Waals surface area contributed by atoms with Gasteiger partial charge in [0, 0.05) is 17.6 Å². The average molecular weight is 371 g/mol. The number of amides is 1. The molecule has 5 nitrogen and oxygen atoms in total. The molecule has 0 saturated carbocycles. The first-order chi connectivity index (χ1) is 12.2. The number of nitrogens with one attached hydrogen (secondary N) is 2. The summed E-state index contributed by atoms with van der Waals surface area (Å²) in [5.41, 5.74) is 1.78. The van der Waals surface area contributed by atoms with Crippen molar-refractivity contribution in [3.63, 3.8) is 0 Å². The summed E-state index contributed by atoms with van der Waals surface area (Å²) < 4.78 is 0. The van der Waals surface area contributed by atoms with Gasteiger partial charge in [-0.25, -0.2) is 9.97 Å². The summed E-state index contributed by atoms with van der Waals surface area (Å²) in [6.07, 6.45) is 3.75. The lowest BCUT2D eigenvalue weighted by atomic mass is 10.2. The van der Waals surface area contributed by atoms with E-state index in [-0.39, 0.29) is 5.91 Å². The number of hydrogen-bond acceptors (Lipinski definition) is 6. The minimum absolute atomic E-state index is 0.113. The summed E-state index contributed by atoms with van der Waals surface area (Å²) in [4.78, 5) is 22.9. The first kappa shape index (κ1) is 17.4. The SMILES string of the molecule is CSc1ccc(CNC(=O)c2sc(Nc3ccccn3)nc2C)cc1. The number of rotatable bonds is 6. The highest BCUT2D eigenvalue weighted by Crippen LogP contribution is 2.25. The molecule has 128 valence electrons. The molecule has 3 rings (SSSR count). The number of benzene rings is 1. The summed E-state index contributed by atoms with van der Waals surface area (Å²) in [5, 5.41) is 6.73. The number of carbonyl (C=O) groups is 1. The maximum atomic E-state index is 12.4. The Morgan fingerprint density at radius 2 is 2.00 bits per heavy atom. The number of carbonyl (C=O) groups excluding carboxylic acids is 1. The van der Waals surface area contributed by atoms with Crippen LogP contribution in [0.4, 0.5) is 10.9 Å². The van der Waals surface area contributed by atoms with Crippen molar-refractivity contribution in [2.45, 2.75) is 18.4 Å². The van der Waals surface area contributed by atoms with Gasteiger partial charge in [-0.05, 0) is 43.0 Å². The van der Waals surface area contributed by atoms with Crippen LogP contribution in [0.5, 0.6) is 0 Å². The molecule has 2 heterocycles. The lowest BCUT2D eigenvalue weighted by Gasteiger charge is -2.05. The quantitative estimate of drug-likeness (QED) is 0.635. The molecule has 1 amide bonds. The van der Waals surface area contributed by atoms with Gasteiger partial charge in [0.1, 0.15) is 10.7 Å². The molecule has 0 fully saturated rings. The smallest absolute Gasteiger partial charge is 0.263 e. The Hall–Kier alpha value is -2.38. The molecule has 0 atom stereocenters. The summed E-state index contributed by atoms with van der Waals surface area (Å²) in [7, 11) is 0. The molecule has 7 heteroatoms. The topological polar surface area (TPSA) is 66.9 Å². The molecular formula is C18H18N4OS2. The van der Waals surface area contributed by atoms with Gasteiger partial charge in [-0.2, -0.15) is 0 Å². The van der Waals surface area contributed by atoms with Crippen LogP contribution in [-0.4, -0.2) is 22.1 Å². The lowest BCUT2D eigenvalue weighted by Crippen LogP contribution is -2.22. The highest BCUT2D eigenvalue weighted by Gasteiger charge is 2.15. The average Bonchev–Trinajstić information content (AvgIpc) is 3.01. The number of anilines is 2. The highest BCUT2D eigenvalue weighted by molar-refractivity contribution is 7.98. The number of thiazole rings is 1. The molecule has 0 radical (unpaired) electrons. The third-order valence-electron chi connectivity index (χ3n) is 3.51. The van der Waals surface area contributed by atoms with E-state index in [0.29, 0.717) is 28.1 Å². The second-order valence-electron chi connectivity index (χ2n) is 5.30. The number of hydrogen-bond donors (Lipinski definition) is 2. The van der Waals surface area contributed by atoms with Crippen molar-refractivity contribution in [2.24, 2.45) is 0 Å². The van der Waals surface area contributed by atoms with E-state index in [9.17, 15) is 4.79 Å². The van der Waals surface area contributed by atoms with Crippen molar-refractivity contribution in [1.29, 1.82) is 0 Å². The van der Waals surface area contributed by atoms with Crippen LogP contribution in [0, 0.1) is 6.92 Å². The molecule has 0 unspecified atom stereocenters. The van der Waals surface area contributed by atoms with Gasteiger partial charge in [-0.3, -0.25) is 4.79 Å². The van der Waals surface area contributed by atoms with Gasteiger partial charge in [0.05, 0.1) is 5.69 Å². The molecule has 0 aliphatic heterocycles. The van der Waals surface area contributed by atoms with Crippen molar-refractivity contribution in [3.8, 4) is 0 Å². The first-order valence-electron chi connectivity index (χ1n) is 7.72. The fraction of sp³-hybridized carbons (Fsp3) is 0.167. The lowest BCUT2D eigenvalue weighted by molar-refractivity contribution is 0.0954. The predicted molar refractivity (Wildman–Crippen MR) is 104 cm³/mol. The molecule has 0 aliphatic rings. The van der Waals surface area contributed by atoms with Crippen molar-refractivity contribution in [1.82, 2.24) is 15.3 Å². The Kier molecular flexibility index (Phi) is 5.67. The molecular weight excluding hydrogens is 352 g/mol. The van der Waals surface area contributed by atoms with E-state index in [1.54, 1.807) is 18.0 Å². The van der Waals surface area contributed by atoms with Crippen LogP contribution in [0.1, 0.15) is 20.9 Å². The second kappa shape index (κ2) is 8.13. The third-order valence-corrected chi connectivity index (χ3v) is 5.33. The zero-order valence-corrected chi connectivity index (χ0v) is 15.6. The summed E-state index contributed by atoms with van der Waals surface area (Å²) in [5.74, 6) is 0.593. The third kappa shape index (κ3) is 4.58. The summed E-state index contributed by atoms with van der Waals surface area (Å²) in [6, 6.07) is 13.8. The normalized spacial score (nSPS) is 10.5. The minimum Gasteiger partial charge on any atom is -0.347 e. The van der Waals surface area contributed by atoms with E-state index < -0.39 is 0 Å². The zero-order valence-electron chi connectivity index (χ0n) is 13.9. The molecule has 25 heavy (non-hydrogen) atoms. The molecule has 2 aromatic heterocycles. The van der Waals surface area contributed by atoms with Crippen LogP contribution in [-0.2, 0) is 6.54 Å². The van der Waals surface area contributed by atoms with E-state index >= 15 is 0 Å². The highest BCUT2D eigenvalue weighted by atomic mass is 32.2. The van der Waals surface area contributed by atoms with E-state index in [2.05, 4.69) is 32.7 Å². The van der Waals surface area contributed by atoms with Gasteiger partial charge in [-0.15, -0.1) is 11.8 Å². The van der Waals surface area contributed by atoms with E-state index in [1.807, 2.05) is 43.5 Å². The number of nitrogens with zero attached hydrogens (tertiary/aromatic N) is 2. The largest absolute Gasteiger partial charge is 0.347 e. The van der Waals surface area contributed by atoms with Crippen molar-refractivity contribution in [2.75, 3.05) is 11.6 Å². The zero-order chi connectivity index (χ0) is 17.6. The first-order valence-corrected chi connectivity index (χ1v) is 9.76. The Balaban J connectivity index is 1.63.